The second-order valence-electron chi connectivity index (χ2n) is 3.63. The first-order valence-electron chi connectivity index (χ1n) is 5.39. The van der Waals surface area contributed by atoms with Crippen LogP contribution in [0.25, 0.3) is 0 Å². The van der Waals surface area contributed by atoms with Crippen LogP contribution in [0, 0.1) is 5.82 Å². The monoisotopic (exact) mass is 233 g/mol. The smallest absolute Gasteiger partial charge is 0.231 e. The number of nitrogens with zero attached hydrogens (tertiary/aromatic N) is 3. The molecular formula is C12H12FN3O. The lowest BCUT2D eigenvalue weighted by Gasteiger charge is -2.05. The summed E-state index contributed by atoms with van der Waals surface area (Å²) in [4.78, 5) is 19.7. The summed E-state index contributed by atoms with van der Waals surface area (Å²) in [6, 6.07) is 1.36. The van der Waals surface area contributed by atoms with E-state index in [0.29, 0.717) is 6.54 Å². The van der Waals surface area contributed by atoms with E-state index in [0.717, 1.165) is 12.6 Å². The van der Waals surface area contributed by atoms with E-state index >= 15 is 0 Å². The van der Waals surface area contributed by atoms with Crippen molar-refractivity contribution in [2.45, 2.75) is 19.9 Å². The first-order chi connectivity index (χ1) is 8.24. The highest BCUT2D eigenvalue weighted by Crippen LogP contribution is 2.11. The molecule has 0 aliphatic carbocycles. The van der Waals surface area contributed by atoms with Crippen LogP contribution in [0.3, 0.4) is 0 Å². The van der Waals surface area contributed by atoms with Gasteiger partial charge in [-0.15, -0.1) is 0 Å². The Morgan fingerprint density at radius 2 is 2.29 bits per heavy atom. The normalized spacial score (nSPS) is 10.5. The quantitative estimate of drug-likeness (QED) is 0.759. The fraction of sp³-hybridized carbons (Fsp3) is 0.250. The first kappa shape index (κ1) is 11.4. The van der Waals surface area contributed by atoms with Crippen LogP contribution in [-0.4, -0.2) is 20.3 Å². The van der Waals surface area contributed by atoms with E-state index in [1.165, 1.54) is 12.3 Å². The number of carbonyl (C=O) groups is 1. The lowest BCUT2D eigenvalue weighted by Crippen LogP contribution is -2.12. The number of imidazole rings is 1. The van der Waals surface area contributed by atoms with E-state index < -0.39 is 11.6 Å². The van der Waals surface area contributed by atoms with E-state index in [9.17, 15) is 9.18 Å². The summed E-state index contributed by atoms with van der Waals surface area (Å²) in [6.45, 7) is 2.69. The van der Waals surface area contributed by atoms with Gasteiger partial charge in [-0.25, -0.2) is 9.37 Å². The summed E-state index contributed by atoms with van der Waals surface area (Å²) in [7, 11) is 0. The minimum Gasteiger partial charge on any atom is -0.328 e. The van der Waals surface area contributed by atoms with Crippen molar-refractivity contribution in [1.29, 1.82) is 0 Å². The van der Waals surface area contributed by atoms with Gasteiger partial charge in [-0.1, -0.05) is 6.92 Å². The zero-order valence-electron chi connectivity index (χ0n) is 9.43. The lowest BCUT2D eigenvalue weighted by atomic mass is 10.1. The van der Waals surface area contributed by atoms with Crippen molar-refractivity contribution in [3.05, 3.63) is 48.1 Å². The molecule has 4 nitrogen and oxygen atoms in total. The third kappa shape index (κ3) is 2.22. The molecule has 0 aliphatic heterocycles. The molecule has 2 rings (SSSR count). The minimum absolute atomic E-state index is 0.00329. The second kappa shape index (κ2) is 4.86. The van der Waals surface area contributed by atoms with Crippen molar-refractivity contribution in [1.82, 2.24) is 14.5 Å². The number of aryl methyl sites for hydroxylation is 1. The van der Waals surface area contributed by atoms with Crippen LogP contribution in [0.1, 0.15) is 29.5 Å². The van der Waals surface area contributed by atoms with Crippen LogP contribution in [0.2, 0.25) is 0 Å². The zero-order chi connectivity index (χ0) is 12.3. The largest absolute Gasteiger partial charge is 0.328 e. The second-order valence-corrected chi connectivity index (χ2v) is 3.63. The maximum absolute atomic E-state index is 13.4. The number of carbonyl (C=O) groups excluding carboxylic acids is 1. The van der Waals surface area contributed by atoms with Gasteiger partial charge < -0.3 is 4.57 Å². The maximum Gasteiger partial charge on any atom is 0.231 e. The molecule has 2 aromatic heterocycles. The number of hydrogen-bond acceptors (Lipinski definition) is 3. The maximum atomic E-state index is 13.4. The third-order valence-corrected chi connectivity index (χ3v) is 2.40. The molecule has 0 fully saturated rings. The Labute approximate surface area is 98.1 Å². The van der Waals surface area contributed by atoms with Gasteiger partial charge in [-0.3, -0.25) is 9.78 Å². The highest BCUT2D eigenvalue weighted by atomic mass is 19.1. The van der Waals surface area contributed by atoms with Crippen molar-refractivity contribution in [3.63, 3.8) is 0 Å². The van der Waals surface area contributed by atoms with Crippen molar-refractivity contribution in [2.75, 3.05) is 0 Å². The van der Waals surface area contributed by atoms with Crippen LogP contribution in [0.15, 0.2) is 30.9 Å². The van der Waals surface area contributed by atoms with Crippen LogP contribution < -0.4 is 0 Å². The Morgan fingerprint density at radius 1 is 1.47 bits per heavy atom. The Morgan fingerprint density at radius 3 is 3.00 bits per heavy atom. The zero-order valence-corrected chi connectivity index (χ0v) is 9.43. The van der Waals surface area contributed by atoms with E-state index in [1.54, 1.807) is 17.0 Å². The molecule has 0 spiro atoms. The van der Waals surface area contributed by atoms with Crippen LogP contribution in [-0.2, 0) is 6.54 Å². The molecule has 88 valence electrons. The fourth-order valence-electron chi connectivity index (χ4n) is 1.62. The molecular weight excluding hydrogens is 221 g/mol. The minimum atomic E-state index is -0.622. The third-order valence-electron chi connectivity index (χ3n) is 2.40. The highest BCUT2D eigenvalue weighted by Gasteiger charge is 2.18. The highest BCUT2D eigenvalue weighted by molar-refractivity contribution is 6.06. The molecule has 0 atom stereocenters. The molecule has 0 N–H and O–H groups in total. The molecule has 0 saturated heterocycles. The molecule has 5 heteroatoms. The van der Waals surface area contributed by atoms with Crippen molar-refractivity contribution in [2.24, 2.45) is 0 Å². The predicted octanol–water partition coefficient (Wildman–Crippen LogP) is 2.06. The van der Waals surface area contributed by atoms with E-state index in [4.69, 9.17) is 0 Å². The summed E-state index contributed by atoms with van der Waals surface area (Å²) in [5.74, 6) is -0.774. The van der Waals surface area contributed by atoms with Gasteiger partial charge in [-0.2, -0.15) is 0 Å². The summed E-state index contributed by atoms with van der Waals surface area (Å²) < 4.78 is 15.2. The number of rotatable bonds is 4. The standard InChI is InChI=1S/C12H12FN3O/c1-2-6-16-7-5-15-12(16)11(17)9-3-4-14-8-10(9)13/h3-5,7-8H,2,6H2,1H3. The van der Waals surface area contributed by atoms with E-state index in [-0.39, 0.29) is 11.4 Å². The van der Waals surface area contributed by atoms with Gasteiger partial charge in [0.1, 0.15) is 0 Å². The first-order valence-corrected chi connectivity index (χ1v) is 5.39. The number of ketones is 1. The summed E-state index contributed by atoms with van der Waals surface area (Å²) in [5, 5.41) is 0. The van der Waals surface area contributed by atoms with Crippen molar-refractivity contribution in [3.8, 4) is 0 Å². The molecule has 17 heavy (non-hydrogen) atoms. The molecule has 0 bridgehead atoms. The summed E-state index contributed by atoms with van der Waals surface area (Å²) >= 11 is 0. The van der Waals surface area contributed by atoms with Crippen molar-refractivity contribution < 1.29 is 9.18 Å². The molecule has 2 heterocycles. The van der Waals surface area contributed by atoms with E-state index in [2.05, 4.69) is 9.97 Å². The van der Waals surface area contributed by atoms with Gasteiger partial charge in [0.05, 0.1) is 11.8 Å². The molecule has 0 aromatic carbocycles. The molecule has 0 saturated carbocycles. The lowest BCUT2D eigenvalue weighted by molar-refractivity contribution is 0.102. The Kier molecular flexibility index (Phi) is 3.27. The summed E-state index contributed by atoms with van der Waals surface area (Å²) in [6.07, 6.45) is 6.57. The number of aromatic nitrogens is 3. The molecule has 0 amide bonds. The average molecular weight is 233 g/mol. The number of pyridine rings is 1. The van der Waals surface area contributed by atoms with Gasteiger partial charge in [0.2, 0.25) is 5.78 Å². The van der Waals surface area contributed by atoms with Gasteiger partial charge in [0.15, 0.2) is 11.6 Å². The number of halogens is 1. The molecule has 0 radical (unpaired) electrons. The Bertz CT molecular complexity index is 536. The molecule has 2 aromatic rings. The van der Waals surface area contributed by atoms with Crippen LogP contribution in [0.4, 0.5) is 4.39 Å². The topological polar surface area (TPSA) is 47.8 Å². The Hall–Kier alpha value is -2.04. The number of hydrogen-bond donors (Lipinski definition) is 0. The van der Waals surface area contributed by atoms with Crippen LogP contribution in [0.5, 0.6) is 0 Å². The Balaban J connectivity index is 2.37. The van der Waals surface area contributed by atoms with Crippen LogP contribution >= 0.6 is 0 Å². The predicted molar refractivity (Wildman–Crippen MR) is 60.1 cm³/mol. The van der Waals surface area contributed by atoms with E-state index in [1.807, 2.05) is 6.92 Å². The average Bonchev–Trinajstić information content (AvgIpc) is 2.78. The molecule has 0 unspecified atom stereocenters. The van der Waals surface area contributed by atoms with Gasteiger partial charge in [-0.05, 0) is 12.5 Å². The fourth-order valence-corrected chi connectivity index (χ4v) is 1.62. The SMILES string of the molecule is CCCn1ccnc1C(=O)c1ccncc1F. The van der Waals surface area contributed by atoms with Crippen molar-refractivity contribution >= 4 is 5.78 Å². The summed E-state index contributed by atoms with van der Waals surface area (Å²) in [5.41, 5.74) is 0.00329. The van der Waals surface area contributed by atoms with Gasteiger partial charge in [0.25, 0.3) is 0 Å². The molecule has 0 aliphatic rings. The van der Waals surface area contributed by atoms with Gasteiger partial charge >= 0.3 is 0 Å². The van der Waals surface area contributed by atoms with Gasteiger partial charge in [0, 0.05) is 25.1 Å².